The van der Waals surface area contributed by atoms with E-state index in [9.17, 15) is 32.3 Å². The monoisotopic (exact) mass is 650 g/mol. The first-order valence-electron chi connectivity index (χ1n) is 14.8. The van der Waals surface area contributed by atoms with Crippen molar-refractivity contribution in [2.75, 3.05) is 13.2 Å². The number of fused-ring (bicyclic) bond motifs is 1. The molecule has 244 valence electrons. The average molecular weight is 651 g/mol. The van der Waals surface area contributed by atoms with Crippen LogP contribution >= 0.6 is 0 Å². The molecule has 1 fully saturated rings. The van der Waals surface area contributed by atoms with Crippen molar-refractivity contribution < 1.29 is 41.7 Å². The highest BCUT2D eigenvalue weighted by Crippen LogP contribution is 2.48. The molecular weight excluding hydrogens is 620 g/mol. The van der Waals surface area contributed by atoms with Gasteiger partial charge in [-0.15, -0.1) is 0 Å². The Kier molecular flexibility index (Phi) is 7.91. The van der Waals surface area contributed by atoms with Crippen LogP contribution in [0.5, 0.6) is 11.5 Å². The molecule has 0 radical (unpaired) electrons. The molecule has 0 spiro atoms. The van der Waals surface area contributed by atoms with Gasteiger partial charge < -0.3 is 25.6 Å². The van der Waals surface area contributed by atoms with E-state index in [4.69, 9.17) is 15.2 Å². The number of carbonyl (C=O) groups is 2. The Morgan fingerprint density at radius 1 is 1.09 bits per heavy atom. The van der Waals surface area contributed by atoms with Gasteiger partial charge in [-0.1, -0.05) is 0 Å². The number of nitrogens with two attached hydrogens (primary N) is 1. The van der Waals surface area contributed by atoms with Crippen LogP contribution in [0.3, 0.4) is 0 Å². The quantitative estimate of drug-likeness (QED) is 0.214. The van der Waals surface area contributed by atoms with Crippen molar-refractivity contribution >= 4 is 11.8 Å². The second-order valence-corrected chi connectivity index (χ2v) is 12.0. The van der Waals surface area contributed by atoms with Crippen LogP contribution in [-0.4, -0.2) is 52.3 Å². The Balaban J connectivity index is 1.37. The topological polar surface area (TPSA) is 137 Å². The summed E-state index contributed by atoms with van der Waals surface area (Å²) >= 11 is 0. The van der Waals surface area contributed by atoms with Crippen molar-refractivity contribution in [3.63, 3.8) is 0 Å². The maximum absolute atomic E-state index is 14.8. The molecule has 1 aliphatic heterocycles. The predicted octanol–water partition coefficient (Wildman–Crippen LogP) is 5.11. The Morgan fingerprint density at radius 3 is 2.45 bits per heavy atom. The van der Waals surface area contributed by atoms with Crippen LogP contribution in [0, 0.1) is 12.7 Å². The van der Waals surface area contributed by atoms with Gasteiger partial charge in [-0.3, -0.25) is 14.6 Å². The number of benzene rings is 2. The van der Waals surface area contributed by atoms with E-state index in [1.807, 2.05) is 13.0 Å². The number of alkyl halides is 3. The summed E-state index contributed by atoms with van der Waals surface area (Å²) in [5, 5.41) is 13.5. The number of primary amides is 1. The van der Waals surface area contributed by atoms with Gasteiger partial charge in [0.15, 0.2) is 0 Å². The third kappa shape index (κ3) is 5.98. The first-order valence-corrected chi connectivity index (χ1v) is 14.8. The summed E-state index contributed by atoms with van der Waals surface area (Å²) in [6.45, 7) is 1.60. The smallest absolute Gasteiger partial charge is 0.424 e. The van der Waals surface area contributed by atoms with Crippen LogP contribution in [0.1, 0.15) is 47.1 Å². The van der Waals surface area contributed by atoms with Gasteiger partial charge in [0.25, 0.3) is 5.91 Å². The zero-order chi connectivity index (χ0) is 33.7. The second kappa shape index (κ2) is 11.6. The molecule has 0 bridgehead atoms. The standard InChI is InChI=1S/C34H30F4N4O5/c1-18-13-20(11-12-40-18)24-10-5-21(14-26(24)47-23-8-9-23)30(43)41-16-33(45,34(36,37)38)27-15-25-29(46-17-32(25,2)31(39)44)28(42-27)19-3-6-22(35)7-4-19/h3-7,10-15,23,45H,8-9,16-17H2,1-2H3,(H2,39,44)(H,41,43)/t32-,33-/m0/s1. The summed E-state index contributed by atoms with van der Waals surface area (Å²) in [5.41, 5.74) is 1.62. The molecule has 3 heterocycles. The molecule has 2 aromatic heterocycles. The number of aryl methyl sites for hydroxylation is 1. The molecule has 2 aromatic carbocycles. The van der Waals surface area contributed by atoms with Crippen molar-refractivity contribution in [1.29, 1.82) is 0 Å². The molecule has 13 heteroatoms. The molecule has 9 nitrogen and oxygen atoms in total. The largest absolute Gasteiger partial charge is 0.490 e. The van der Waals surface area contributed by atoms with Crippen LogP contribution in [0.2, 0.25) is 0 Å². The highest BCUT2D eigenvalue weighted by atomic mass is 19.4. The first kappa shape index (κ1) is 31.9. The SMILES string of the molecule is Cc1cc(-c2ccc(C(=O)NC[C@](O)(c3cc4c(c(-c5ccc(F)cc5)n3)OC[C@]4(C)C(N)=O)C(F)(F)F)cc2OC2CC2)ccn1. The van der Waals surface area contributed by atoms with Crippen LogP contribution in [0.15, 0.2) is 66.9 Å². The second-order valence-electron chi connectivity index (χ2n) is 12.0. The van der Waals surface area contributed by atoms with Gasteiger partial charge in [0, 0.05) is 34.1 Å². The number of rotatable bonds is 9. The Hall–Kier alpha value is -5.04. The number of pyridine rings is 2. The van der Waals surface area contributed by atoms with Gasteiger partial charge in [0.1, 0.15) is 35.0 Å². The maximum Gasteiger partial charge on any atom is 0.424 e. The minimum absolute atomic E-state index is 0.00307. The highest BCUT2D eigenvalue weighted by Gasteiger charge is 2.57. The van der Waals surface area contributed by atoms with E-state index in [0.717, 1.165) is 42.3 Å². The lowest BCUT2D eigenvalue weighted by atomic mass is 9.81. The summed E-state index contributed by atoms with van der Waals surface area (Å²) in [6, 6.07) is 13.8. The molecule has 0 unspecified atom stereocenters. The number of nitrogens with one attached hydrogen (secondary N) is 1. The lowest BCUT2D eigenvalue weighted by Gasteiger charge is -2.31. The first-order chi connectivity index (χ1) is 22.2. The zero-order valence-corrected chi connectivity index (χ0v) is 25.3. The van der Waals surface area contributed by atoms with Crippen molar-refractivity contribution in [3.05, 3.63) is 95.2 Å². The minimum Gasteiger partial charge on any atom is -0.490 e. The number of hydrogen-bond donors (Lipinski definition) is 3. The van der Waals surface area contributed by atoms with E-state index in [0.29, 0.717) is 11.3 Å². The van der Waals surface area contributed by atoms with Crippen LogP contribution in [-0.2, 0) is 15.8 Å². The average Bonchev–Trinajstić information content (AvgIpc) is 3.78. The van der Waals surface area contributed by atoms with E-state index < -0.39 is 47.1 Å². The van der Waals surface area contributed by atoms with Crippen LogP contribution < -0.4 is 20.5 Å². The lowest BCUT2D eigenvalue weighted by molar-refractivity contribution is -0.265. The van der Waals surface area contributed by atoms with Gasteiger partial charge in [0.2, 0.25) is 11.5 Å². The van der Waals surface area contributed by atoms with E-state index in [-0.39, 0.29) is 40.8 Å². The van der Waals surface area contributed by atoms with E-state index in [2.05, 4.69) is 15.3 Å². The Morgan fingerprint density at radius 2 is 1.81 bits per heavy atom. The number of halogens is 4. The summed E-state index contributed by atoms with van der Waals surface area (Å²) in [7, 11) is 0. The fourth-order valence-electron chi connectivity index (χ4n) is 5.33. The van der Waals surface area contributed by atoms with E-state index >= 15 is 0 Å². The van der Waals surface area contributed by atoms with Gasteiger partial charge in [-0.2, -0.15) is 13.2 Å². The van der Waals surface area contributed by atoms with Crippen molar-refractivity contribution in [2.24, 2.45) is 5.73 Å². The fourth-order valence-corrected chi connectivity index (χ4v) is 5.33. The summed E-state index contributed by atoms with van der Waals surface area (Å²) in [6.07, 6.45) is -2.10. The van der Waals surface area contributed by atoms with E-state index in [1.165, 1.54) is 31.2 Å². The molecule has 2 amide bonds. The molecule has 2 atom stereocenters. The van der Waals surface area contributed by atoms with E-state index in [1.54, 1.807) is 18.3 Å². The summed E-state index contributed by atoms with van der Waals surface area (Å²) in [5.74, 6) is -2.03. The van der Waals surface area contributed by atoms with Crippen LogP contribution in [0.4, 0.5) is 17.6 Å². The molecule has 0 saturated heterocycles. The minimum atomic E-state index is -5.35. The molecular formula is C34H30F4N4O5. The Labute approximate surface area is 266 Å². The molecule has 47 heavy (non-hydrogen) atoms. The number of ether oxygens (including phenoxy) is 2. The molecule has 2 aliphatic rings. The third-order valence-electron chi connectivity index (χ3n) is 8.40. The fraction of sp³-hybridized carbons (Fsp3) is 0.294. The van der Waals surface area contributed by atoms with Crippen molar-refractivity contribution in [2.45, 2.75) is 50.0 Å². The normalized spacial score (nSPS) is 18.5. The van der Waals surface area contributed by atoms with Crippen LogP contribution in [0.25, 0.3) is 22.4 Å². The summed E-state index contributed by atoms with van der Waals surface area (Å²) in [4.78, 5) is 34.1. The van der Waals surface area contributed by atoms with Gasteiger partial charge in [0.05, 0.1) is 18.3 Å². The summed E-state index contributed by atoms with van der Waals surface area (Å²) < 4.78 is 69.8. The maximum atomic E-state index is 14.8. The predicted molar refractivity (Wildman–Crippen MR) is 162 cm³/mol. The number of carbonyl (C=O) groups excluding carboxylic acids is 2. The number of aliphatic hydroxyl groups is 1. The van der Waals surface area contributed by atoms with Gasteiger partial charge >= 0.3 is 6.18 Å². The number of aromatic nitrogens is 2. The lowest BCUT2D eigenvalue weighted by Crippen LogP contribution is -2.51. The third-order valence-corrected chi connectivity index (χ3v) is 8.40. The number of nitrogens with zero attached hydrogens (tertiary/aromatic N) is 2. The molecule has 4 N–H and O–H groups in total. The van der Waals surface area contributed by atoms with Gasteiger partial charge in [-0.25, -0.2) is 9.37 Å². The molecule has 4 aromatic rings. The highest BCUT2D eigenvalue weighted by molar-refractivity contribution is 5.96. The number of amides is 2. The molecule has 1 saturated carbocycles. The van der Waals surface area contributed by atoms with Gasteiger partial charge in [-0.05, 0) is 92.9 Å². The number of hydrogen-bond acceptors (Lipinski definition) is 7. The molecule has 6 rings (SSSR count). The van der Waals surface area contributed by atoms with Crippen molar-refractivity contribution in [1.82, 2.24) is 15.3 Å². The Bertz CT molecular complexity index is 1880. The molecule has 1 aliphatic carbocycles. The van der Waals surface area contributed by atoms with Crippen molar-refractivity contribution in [3.8, 4) is 33.9 Å². The zero-order valence-electron chi connectivity index (χ0n) is 25.3.